The van der Waals surface area contributed by atoms with Gasteiger partial charge in [-0.25, -0.2) is 9.97 Å². The number of anilines is 3. The van der Waals surface area contributed by atoms with E-state index in [-0.39, 0.29) is 12.4 Å². The number of hydrogen-bond acceptors (Lipinski definition) is 8. The highest BCUT2D eigenvalue weighted by Crippen LogP contribution is 2.33. The quantitative estimate of drug-likeness (QED) is 0.537. The number of rotatable bonds is 4. The lowest BCUT2D eigenvalue weighted by molar-refractivity contribution is 0.122. The molecule has 0 radical (unpaired) electrons. The first kappa shape index (κ1) is 18.5. The zero-order valence-corrected chi connectivity index (χ0v) is 16.1. The Morgan fingerprint density at radius 3 is 2.89 bits per heavy atom. The summed E-state index contributed by atoms with van der Waals surface area (Å²) >= 11 is 0. The molecule has 1 aliphatic heterocycles. The molecule has 9 nitrogen and oxygen atoms in total. The van der Waals surface area contributed by atoms with Gasteiger partial charge in [-0.3, -0.25) is 5.10 Å². The number of halogens is 1. The van der Waals surface area contributed by atoms with Crippen molar-refractivity contribution in [2.45, 2.75) is 13.3 Å². The van der Waals surface area contributed by atoms with Crippen molar-refractivity contribution in [2.24, 2.45) is 0 Å². The summed E-state index contributed by atoms with van der Waals surface area (Å²) in [5.74, 6) is 1.99. The zero-order valence-electron chi connectivity index (χ0n) is 15.3. The Balaban J connectivity index is 0.00000192. The Bertz CT molecular complexity index is 1100. The van der Waals surface area contributed by atoms with Crippen LogP contribution in [0.4, 0.5) is 17.6 Å². The molecule has 0 spiro atoms. The van der Waals surface area contributed by atoms with E-state index in [1.54, 1.807) is 6.20 Å². The summed E-state index contributed by atoms with van der Waals surface area (Å²) in [4.78, 5) is 15.9. The minimum atomic E-state index is 0. The molecule has 1 aliphatic rings. The van der Waals surface area contributed by atoms with Crippen molar-refractivity contribution < 1.29 is 9.15 Å². The van der Waals surface area contributed by atoms with E-state index in [4.69, 9.17) is 14.1 Å². The molecular formula is C18H20ClN7O2. The van der Waals surface area contributed by atoms with Crippen molar-refractivity contribution in [3.8, 4) is 0 Å². The summed E-state index contributed by atoms with van der Waals surface area (Å²) in [6.45, 7) is 4.88. The average molecular weight is 402 g/mol. The van der Waals surface area contributed by atoms with Crippen LogP contribution in [0.3, 0.4) is 0 Å². The molecule has 0 aliphatic carbocycles. The first-order valence-electron chi connectivity index (χ1n) is 9.01. The molecule has 0 aromatic carbocycles. The maximum atomic E-state index is 6.00. The van der Waals surface area contributed by atoms with Crippen LogP contribution in [0.25, 0.3) is 22.2 Å². The number of furan rings is 1. The normalized spacial score (nSPS) is 14.4. The van der Waals surface area contributed by atoms with Crippen LogP contribution in [0.2, 0.25) is 0 Å². The van der Waals surface area contributed by atoms with Gasteiger partial charge in [0.15, 0.2) is 11.4 Å². The Kier molecular flexibility index (Phi) is 5.01. The van der Waals surface area contributed by atoms with Gasteiger partial charge in [0.1, 0.15) is 11.3 Å². The van der Waals surface area contributed by atoms with Gasteiger partial charge in [0.2, 0.25) is 11.7 Å². The fraction of sp³-hybridized carbons (Fsp3) is 0.333. The highest BCUT2D eigenvalue weighted by Gasteiger charge is 2.22. The lowest BCUT2D eigenvalue weighted by atomic mass is 10.3. The largest absolute Gasteiger partial charge is 0.432 e. The number of aromatic amines is 1. The number of aromatic nitrogens is 5. The van der Waals surface area contributed by atoms with Crippen LogP contribution in [-0.4, -0.2) is 51.5 Å². The summed E-state index contributed by atoms with van der Waals surface area (Å²) in [6, 6.07) is 5.79. The lowest BCUT2D eigenvalue weighted by Crippen LogP contribution is -2.37. The molecule has 10 heteroatoms. The van der Waals surface area contributed by atoms with E-state index in [1.165, 1.54) is 0 Å². The molecule has 0 atom stereocenters. The standard InChI is InChI=1S/C18H19N7O2.ClH/c1-2-11-10-13(24-23-11)20-18-21-14-12-4-3-5-19-17(12)27-15(14)16(22-18)25-6-8-26-9-7-25;/h3-5,10H,2,6-9H2,1H3,(H2,20,21,22,23,24);1H. The summed E-state index contributed by atoms with van der Waals surface area (Å²) in [7, 11) is 0. The van der Waals surface area contributed by atoms with Gasteiger partial charge in [0, 0.05) is 25.4 Å². The molecule has 28 heavy (non-hydrogen) atoms. The van der Waals surface area contributed by atoms with E-state index in [0.717, 1.165) is 47.7 Å². The minimum Gasteiger partial charge on any atom is -0.432 e. The van der Waals surface area contributed by atoms with Gasteiger partial charge in [-0.15, -0.1) is 12.4 Å². The van der Waals surface area contributed by atoms with Crippen LogP contribution in [-0.2, 0) is 11.2 Å². The zero-order chi connectivity index (χ0) is 18.2. The number of aryl methyl sites for hydroxylation is 1. The first-order valence-corrected chi connectivity index (χ1v) is 9.01. The number of fused-ring (bicyclic) bond motifs is 3. The average Bonchev–Trinajstić information content (AvgIpc) is 3.32. The van der Waals surface area contributed by atoms with E-state index in [0.29, 0.717) is 30.5 Å². The van der Waals surface area contributed by atoms with Crippen LogP contribution in [0.15, 0.2) is 28.8 Å². The minimum absolute atomic E-state index is 0. The van der Waals surface area contributed by atoms with Crippen LogP contribution in [0.5, 0.6) is 0 Å². The SMILES string of the molecule is CCc1cc(Nc2nc(N3CCOCC3)c3oc4ncccc4c3n2)[nH]n1.Cl. The molecule has 1 saturated heterocycles. The van der Waals surface area contributed by atoms with Gasteiger partial charge in [0.05, 0.1) is 24.3 Å². The molecule has 4 aromatic heterocycles. The second-order valence-corrected chi connectivity index (χ2v) is 6.36. The summed E-state index contributed by atoms with van der Waals surface area (Å²) in [5.41, 5.74) is 2.93. The Labute approximate surface area is 166 Å². The molecule has 0 saturated carbocycles. The predicted molar refractivity (Wildman–Crippen MR) is 109 cm³/mol. The van der Waals surface area contributed by atoms with Gasteiger partial charge < -0.3 is 19.4 Å². The highest BCUT2D eigenvalue weighted by atomic mass is 35.5. The van der Waals surface area contributed by atoms with Crippen molar-refractivity contribution in [1.82, 2.24) is 25.1 Å². The maximum Gasteiger partial charge on any atom is 0.231 e. The molecule has 0 unspecified atom stereocenters. The van der Waals surface area contributed by atoms with Crippen molar-refractivity contribution >= 4 is 52.2 Å². The van der Waals surface area contributed by atoms with Gasteiger partial charge in [-0.2, -0.15) is 10.1 Å². The summed E-state index contributed by atoms with van der Waals surface area (Å²) < 4.78 is 11.5. The monoisotopic (exact) mass is 401 g/mol. The van der Waals surface area contributed by atoms with Gasteiger partial charge in [-0.1, -0.05) is 6.92 Å². The third kappa shape index (κ3) is 3.23. The van der Waals surface area contributed by atoms with E-state index in [9.17, 15) is 0 Å². The van der Waals surface area contributed by atoms with E-state index < -0.39 is 0 Å². The number of pyridine rings is 1. The molecular weight excluding hydrogens is 382 g/mol. The second kappa shape index (κ2) is 7.61. The fourth-order valence-electron chi connectivity index (χ4n) is 3.24. The third-order valence-corrected chi connectivity index (χ3v) is 4.62. The Hall–Kier alpha value is -2.91. The molecule has 4 aromatic rings. The number of ether oxygens (including phenoxy) is 1. The molecule has 1 fully saturated rings. The van der Waals surface area contributed by atoms with Crippen molar-refractivity contribution in [1.29, 1.82) is 0 Å². The molecule has 5 heterocycles. The Morgan fingerprint density at radius 1 is 1.25 bits per heavy atom. The smallest absolute Gasteiger partial charge is 0.231 e. The van der Waals surface area contributed by atoms with Crippen LogP contribution < -0.4 is 10.2 Å². The number of nitrogens with zero attached hydrogens (tertiary/aromatic N) is 5. The maximum absolute atomic E-state index is 6.00. The topological polar surface area (TPSA) is 105 Å². The molecule has 0 amide bonds. The molecule has 2 N–H and O–H groups in total. The first-order chi connectivity index (χ1) is 13.3. The predicted octanol–water partition coefficient (Wildman–Crippen LogP) is 3.06. The van der Waals surface area contributed by atoms with E-state index >= 15 is 0 Å². The van der Waals surface area contributed by atoms with Crippen LogP contribution in [0, 0.1) is 0 Å². The molecule has 5 rings (SSSR count). The second-order valence-electron chi connectivity index (χ2n) is 6.36. The number of H-pyrrole nitrogens is 1. The summed E-state index contributed by atoms with van der Waals surface area (Å²) in [6.07, 6.45) is 2.57. The van der Waals surface area contributed by atoms with Crippen molar-refractivity contribution in [3.63, 3.8) is 0 Å². The van der Waals surface area contributed by atoms with E-state index in [2.05, 4.69) is 37.3 Å². The lowest BCUT2D eigenvalue weighted by Gasteiger charge is -2.27. The van der Waals surface area contributed by atoms with Crippen molar-refractivity contribution in [2.75, 3.05) is 36.5 Å². The van der Waals surface area contributed by atoms with E-state index in [1.807, 2.05) is 18.2 Å². The third-order valence-electron chi connectivity index (χ3n) is 4.62. The summed E-state index contributed by atoms with van der Waals surface area (Å²) in [5, 5.41) is 11.3. The molecule has 0 bridgehead atoms. The fourth-order valence-corrected chi connectivity index (χ4v) is 3.24. The van der Waals surface area contributed by atoms with Gasteiger partial charge in [0.25, 0.3) is 0 Å². The van der Waals surface area contributed by atoms with Crippen LogP contribution in [0.1, 0.15) is 12.6 Å². The van der Waals surface area contributed by atoms with Crippen LogP contribution >= 0.6 is 12.4 Å². The Morgan fingerprint density at radius 2 is 2.11 bits per heavy atom. The number of morpholine rings is 1. The highest BCUT2D eigenvalue weighted by molar-refractivity contribution is 6.05. The molecule has 146 valence electrons. The number of nitrogens with one attached hydrogen (secondary N) is 2. The number of hydrogen-bond donors (Lipinski definition) is 2. The van der Waals surface area contributed by atoms with Gasteiger partial charge >= 0.3 is 0 Å². The van der Waals surface area contributed by atoms with Gasteiger partial charge in [-0.05, 0) is 18.6 Å². The van der Waals surface area contributed by atoms with Crippen molar-refractivity contribution in [3.05, 3.63) is 30.1 Å².